The van der Waals surface area contributed by atoms with Crippen LogP contribution in [0.1, 0.15) is 23.2 Å². The first-order valence-corrected chi connectivity index (χ1v) is 11.0. The predicted octanol–water partition coefficient (Wildman–Crippen LogP) is 3.45. The van der Waals surface area contributed by atoms with Crippen molar-refractivity contribution in [3.8, 4) is 11.4 Å². The van der Waals surface area contributed by atoms with Gasteiger partial charge >= 0.3 is 0 Å². The second kappa shape index (κ2) is 8.78. The van der Waals surface area contributed by atoms with Crippen LogP contribution in [0, 0.1) is 5.92 Å². The fourth-order valence-electron chi connectivity index (χ4n) is 3.89. The molecule has 0 spiro atoms. The molecule has 1 aliphatic heterocycles. The number of hydrogen-bond donors (Lipinski definition) is 1. The molecule has 2 heterocycles. The van der Waals surface area contributed by atoms with E-state index in [0.29, 0.717) is 43.3 Å². The topological polar surface area (TPSA) is 78.4 Å². The van der Waals surface area contributed by atoms with Gasteiger partial charge in [0.25, 0.3) is 5.91 Å². The van der Waals surface area contributed by atoms with Crippen molar-refractivity contribution < 1.29 is 9.59 Å². The molecule has 162 valence electrons. The van der Waals surface area contributed by atoms with Crippen LogP contribution < -0.4 is 10.2 Å². The van der Waals surface area contributed by atoms with Gasteiger partial charge in [-0.05, 0) is 37.1 Å². The van der Waals surface area contributed by atoms with Gasteiger partial charge < -0.3 is 15.1 Å². The summed E-state index contributed by atoms with van der Waals surface area (Å²) in [5.74, 6) is 1.73. The maximum atomic E-state index is 13.0. The third-order valence-corrected chi connectivity index (χ3v) is 5.89. The first-order valence-electron chi connectivity index (χ1n) is 11.0. The van der Waals surface area contributed by atoms with Crippen LogP contribution in [0.2, 0.25) is 0 Å². The van der Waals surface area contributed by atoms with Gasteiger partial charge in [-0.25, -0.2) is 9.97 Å². The van der Waals surface area contributed by atoms with E-state index < -0.39 is 0 Å². The highest BCUT2D eigenvalue weighted by Crippen LogP contribution is 2.30. The van der Waals surface area contributed by atoms with Crippen LogP contribution in [0.4, 0.5) is 11.5 Å². The Morgan fingerprint density at radius 1 is 0.906 bits per heavy atom. The maximum Gasteiger partial charge on any atom is 0.254 e. The van der Waals surface area contributed by atoms with Crippen molar-refractivity contribution in [1.82, 2.24) is 14.9 Å². The minimum absolute atomic E-state index is 0.0140. The quantitative estimate of drug-likeness (QED) is 0.675. The van der Waals surface area contributed by atoms with E-state index in [1.165, 1.54) is 0 Å². The smallest absolute Gasteiger partial charge is 0.254 e. The lowest BCUT2D eigenvalue weighted by Crippen LogP contribution is -2.49. The number of nitrogens with one attached hydrogen (secondary N) is 1. The van der Waals surface area contributed by atoms with Crippen molar-refractivity contribution in [2.24, 2.45) is 5.92 Å². The molecule has 0 radical (unpaired) electrons. The van der Waals surface area contributed by atoms with Crippen LogP contribution in [0.3, 0.4) is 0 Å². The van der Waals surface area contributed by atoms with E-state index in [0.717, 1.165) is 24.2 Å². The van der Waals surface area contributed by atoms with Crippen molar-refractivity contribution in [1.29, 1.82) is 0 Å². The van der Waals surface area contributed by atoms with E-state index in [-0.39, 0.29) is 17.7 Å². The Balaban J connectivity index is 1.22. The van der Waals surface area contributed by atoms with Gasteiger partial charge in [0, 0.05) is 55.1 Å². The molecule has 2 fully saturated rings. The summed E-state index contributed by atoms with van der Waals surface area (Å²) in [4.78, 5) is 38.2. The van der Waals surface area contributed by atoms with Crippen molar-refractivity contribution in [2.45, 2.75) is 12.8 Å². The van der Waals surface area contributed by atoms with Gasteiger partial charge in [0.2, 0.25) is 5.91 Å². The highest BCUT2D eigenvalue weighted by molar-refractivity contribution is 5.98. The van der Waals surface area contributed by atoms with E-state index in [9.17, 15) is 9.59 Å². The third kappa shape index (κ3) is 4.46. The summed E-state index contributed by atoms with van der Waals surface area (Å²) in [6, 6.07) is 19.0. The molecule has 1 aliphatic carbocycles. The lowest BCUT2D eigenvalue weighted by Gasteiger charge is -2.35. The second-order valence-electron chi connectivity index (χ2n) is 8.23. The summed E-state index contributed by atoms with van der Waals surface area (Å²) in [5.41, 5.74) is 2.26. The Morgan fingerprint density at radius 3 is 2.44 bits per heavy atom. The minimum Gasteiger partial charge on any atom is -0.353 e. The molecule has 1 aromatic heterocycles. The second-order valence-corrected chi connectivity index (χ2v) is 8.23. The summed E-state index contributed by atoms with van der Waals surface area (Å²) in [6.45, 7) is 2.63. The highest BCUT2D eigenvalue weighted by atomic mass is 16.2. The van der Waals surface area contributed by atoms with E-state index >= 15 is 0 Å². The molecule has 3 aromatic rings. The monoisotopic (exact) mass is 427 g/mol. The predicted molar refractivity (Wildman–Crippen MR) is 123 cm³/mol. The molecular formula is C25H25N5O2. The zero-order valence-electron chi connectivity index (χ0n) is 17.8. The van der Waals surface area contributed by atoms with Crippen LogP contribution in [-0.4, -0.2) is 52.9 Å². The summed E-state index contributed by atoms with van der Waals surface area (Å²) in [5, 5.41) is 2.92. The fourth-order valence-corrected chi connectivity index (χ4v) is 3.89. The maximum absolute atomic E-state index is 13.0. The Labute approximate surface area is 187 Å². The molecule has 0 atom stereocenters. The first-order chi connectivity index (χ1) is 15.7. The lowest BCUT2D eigenvalue weighted by molar-refractivity contribution is -0.117. The minimum atomic E-state index is -0.0140. The normalized spacial score (nSPS) is 16.0. The standard InChI is InChI=1S/C25H25N5O2/c31-24(19-9-10-19)27-21-8-4-7-20(17-21)25(32)30-15-13-29(14-16-30)22-11-12-26-23(28-22)18-5-2-1-3-6-18/h1-8,11-12,17,19H,9-10,13-16H2,(H,27,31). The van der Waals surface area contributed by atoms with Gasteiger partial charge in [0.15, 0.2) is 5.82 Å². The van der Waals surface area contributed by atoms with Gasteiger partial charge in [0.05, 0.1) is 0 Å². The molecule has 0 unspecified atom stereocenters. The average molecular weight is 428 g/mol. The average Bonchev–Trinajstić information content (AvgIpc) is 3.70. The first kappa shape index (κ1) is 20.2. The molecule has 7 nitrogen and oxygen atoms in total. The Hall–Kier alpha value is -3.74. The number of carbonyl (C=O) groups excluding carboxylic acids is 2. The third-order valence-electron chi connectivity index (χ3n) is 5.89. The van der Waals surface area contributed by atoms with Crippen molar-refractivity contribution in [3.63, 3.8) is 0 Å². The summed E-state index contributed by atoms with van der Waals surface area (Å²) in [7, 11) is 0. The zero-order valence-corrected chi connectivity index (χ0v) is 17.8. The van der Waals surface area contributed by atoms with Crippen LogP contribution >= 0.6 is 0 Å². The number of benzene rings is 2. The molecule has 7 heteroatoms. The molecule has 2 aliphatic rings. The van der Waals surface area contributed by atoms with E-state index in [1.54, 1.807) is 18.3 Å². The van der Waals surface area contributed by atoms with Gasteiger partial charge in [0.1, 0.15) is 5.82 Å². The number of nitrogens with zero attached hydrogens (tertiary/aromatic N) is 4. The molecule has 0 bridgehead atoms. The van der Waals surface area contributed by atoms with Gasteiger partial charge in [-0.2, -0.15) is 0 Å². The number of hydrogen-bond acceptors (Lipinski definition) is 5. The Morgan fingerprint density at radius 2 is 1.69 bits per heavy atom. The van der Waals surface area contributed by atoms with Gasteiger partial charge in [-0.3, -0.25) is 9.59 Å². The number of carbonyl (C=O) groups is 2. The number of piperazine rings is 1. The Bertz CT molecular complexity index is 1120. The SMILES string of the molecule is O=C(Nc1cccc(C(=O)N2CCN(c3ccnc(-c4ccccc4)n3)CC2)c1)C1CC1. The fraction of sp³-hybridized carbons (Fsp3) is 0.280. The highest BCUT2D eigenvalue weighted by Gasteiger charge is 2.30. The van der Waals surface area contributed by atoms with Gasteiger partial charge in [-0.15, -0.1) is 0 Å². The Kier molecular flexibility index (Phi) is 5.54. The molecule has 1 N–H and O–H groups in total. The summed E-state index contributed by atoms with van der Waals surface area (Å²) in [6.07, 6.45) is 3.69. The molecule has 5 rings (SSSR count). The van der Waals surface area contributed by atoms with E-state index in [1.807, 2.05) is 53.4 Å². The van der Waals surface area contributed by atoms with Crippen LogP contribution in [0.15, 0.2) is 66.9 Å². The molecule has 32 heavy (non-hydrogen) atoms. The number of aromatic nitrogens is 2. The zero-order chi connectivity index (χ0) is 21.9. The van der Waals surface area contributed by atoms with E-state index in [4.69, 9.17) is 4.98 Å². The molecule has 1 saturated carbocycles. The summed E-state index contributed by atoms with van der Waals surface area (Å²) >= 11 is 0. The van der Waals surface area contributed by atoms with Crippen LogP contribution in [-0.2, 0) is 4.79 Å². The summed E-state index contributed by atoms with van der Waals surface area (Å²) < 4.78 is 0. The molecule has 2 aromatic carbocycles. The lowest BCUT2D eigenvalue weighted by atomic mass is 10.1. The van der Waals surface area contributed by atoms with Crippen molar-refractivity contribution in [2.75, 3.05) is 36.4 Å². The molecule has 2 amide bonds. The number of anilines is 2. The van der Waals surface area contributed by atoms with Crippen LogP contribution in [0.5, 0.6) is 0 Å². The number of amides is 2. The number of rotatable bonds is 5. The van der Waals surface area contributed by atoms with Gasteiger partial charge in [-0.1, -0.05) is 36.4 Å². The van der Waals surface area contributed by atoms with E-state index in [2.05, 4.69) is 15.2 Å². The van der Waals surface area contributed by atoms with Crippen molar-refractivity contribution in [3.05, 3.63) is 72.4 Å². The molecular weight excluding hydrogens is 402 g/mol. The van der Waals surface area contributed by atoms with Crippen LogP contribution in [0.25, 0.3) is 11.4 Å². The largest absolute Gasteiger partial charge is 0.353 e. The molecule has 1 saturated heterocycles. The van der Waals surface area contributed by atoms with Crippen molar-refractivity contribution >= 4 is 23.3 Å².